The Morgan fingerprint density at radius 1 is 1.07 bits per heavy atom. The van der Waals surface area contributed by atoms with Crippen LogP contribution in [0.2, 0.25) is 0 Å². The van der Waals surface area contributed by atoms with E-state index in [-0.39, 0.29) is 6.03 Å². The van der Waals surface area contributed by atoms with Crippen LogP contribution >= 0.6 is 0 Å². The maximum Gasteiger partial charge on any atom is 0.416 e. The number of alkyl halides is 3. The number of piperidine rings is 1. The van der Waals surface area contributed by atoms with Crippen LogP contribution in [0.1, 0.15) is 42.4 Å². The molecule has 9 heteroatoms. The number of rotatable bonds is 2. The van der Waals surface area contributed by atoms with Crippen LogP contribution in [-0.4, -0.2) is 38.8 Å². The molecule has 0 atom stereocenters. The first-order valence-electron chi connectivity index (χ1n) is 9.07. The molecule has 1 aromatic heterocycles. The quantitative estimate of drug-likeness (QED) is 0.866. The minimum Gasteiger partial charge on any atom is -0.324 e. The lowest BCUT2D eigenvalue weighted by molar-refractivity contribution is -0.137. The van der Waals surface area contributed by atoms with Gasteiger partial charge in [0.15, 0.2) is 0 Å². The van der Waals surface area contributed by atoms with Gasteiger partial charge < -0.3 is 14.8 Å². The van der Waals surface area contributed by atoms with Crippen molar-refractivity contribution in [2.24, 2.45) is 0 Å². The molecular formula is C18H20F3N5O. The number of amides is 2. The molecule has 0 spiro atoms. The Balaban J connectivity index is 1.33. The van der Waals surface area contributed by atoms with E-state index in [4.69, 9.17) is 0 Å². The molecular weight excluding hydrogens is 359 g/mol. The van der Waals surface area contributed by atoms with Gasteiger partial charge in [0, 0.05) is 37.7 Å². The topological polar surface area (TPSA) is 63.1 Å². The van der Waals surface area contributed by atoms with Crippen LogP contribution in [-0.2, 0) is 19.1 Å². The van der Waals surface area contributed by atoms with Crippen LogP contribution in [0, 0.1) is 0 Å². The van der Waals surface area contributed by atoms with E-state index in [1.165, 1.54) is 12.1 Å². The highest BCUT2D eigenvalue weighted by Gasteiger charge is 2.31. The number of carbonyl (C=O) groups is 1. The molecule has 0 radical (unpaired) electrons. The number of hydrogen-bond donors (Lipinski definition) is 1. The molecule has 144 valence electrons. The third kappa shape index (κ3) is 3.63. The lowest BCUT2D eigenvalue weighted by Gasteiger charge is -2.31. The van der Waals surface area contributed by atoms with Crippen molar-refractivity contribution in [3.8, 4) is 0 Å². The highest BCUT2D eigenvalue weighted by atomic mass is 19.4. The number of nitrogens with zero attached hydrogens (tertiary/aromatic N) is 4. The molecule has 0 unspecified atom stereocenters. The normalized spacial score (nSPS) is 17.8. The van der Waals surface area contributed by atoms with Crippen molar-refractivity contribution in [2.45, 2.75) is 44.3 Å². The van der Waals surface area contributed by atoms with Crippen LogP contribution < -0.4 is 5.32 Å². The van der Waals surface area contributed by atoms with Crippen molar-refractivity contribution >= 4 is 11.7 Å². The number of urea groups is 1. The fourth-order valence-electron chi connectivity index (χ4n) is 3.76. The molecule has 2 amide bonds. The maximum atomic E-state index is 12.6. The molecule has 1 aromatic carbocycles. The SMILES string of the molecule is O=C(Nc1ccc(C(F)(F)F)cc1)N1CCC(c2nnc3n2CCC3)CC1. The van der Waals surface area contributed by atoms with Gasteiger partial charge in [0.2, 0.25) is 0 Å². The molecule has 4 rings (SSSR count). The molecule has 2 aromatic rings. The first-order chi connectivity index (χ1) is 12.9. The highest BCUT2D eigenvalue weighted by Crippen LogP contribution is 2.31. The standard InChI is InChI=1S/C18H20F3N5O/c19-18(20,21)13-3-5-14(6-4-13)22-17(27)25-10-7-12(8-11-25)16-24-23-15-2-1-9-26(15)16/h3-6,12H,1-2,7-11H2,(H,22,27). The van der Waals surface area contributed by atoms with Gasteiger partial charge in [-0.2, -0.15) is 13.2 Å². The number of hydrogen-bond acceptors (Lipinski definition) is 3. The summed E-state index contributed by atoms with van der Waals surface area (Å²) in [4.78, 5) is 14.1. The summed E-state index contributed by atoms with van der Waals surface area (Å²) < 4.78 is 40.0. The molecule has 1 N–H and O–H groups in total. The number of fused-ring (bicyclic) bond motifs is 1. The average molecular weight is 379 g/mol. The number of likely N-dealkylation sites (tertiary alicyclic amines) is 1. The predicted octanol–water partition coefficient (Wildman–Crippen LogP) is 3.65. The summed E-state index contributed by atoms with van der Waals surface area (Å²) in [6.07, 6.45) is -0.697. The summed E-state index contributed by atoms with van der Waals surface area (Å²) in [5.74, 6) is 2.36. The number of aryl methyl sites for hydroxylation is 1. The molecule has 3 heterocycles. The van der Waals surface area contributed by atoms with E-state index in [0.29, 0.717) is 24.7 Å². The van der Waals surface area contributed by atoms with Crippen molar-refractivity contribution < 1.29 is 18.0 Å². The molecule has 0 aliphatic carbocycles. The predicted molar refractivity (Wildman–Crippen MR) is 92.4 cm³/mol. The molecule has 1 saturated heterocycles. The zero-order valence-corrected chi connectivity index (χ0v) is 14.7. The fraction of sp³-hybridized carbons (Fsp3) is 0.500. The van der Waals surface area contributed by atoms with Gasteiger partial charge >= 0.3 is 12.2 Å². The highest BCUT2D eigenvalue weighted by molar-refractivity contribution is 5.89. The maximum absolute atomic E-state index is 12.6. The van der Waals surface area contributed by atoms with Crippen molar-refractivity contribution in [1.29, 1.82) is 0 Å². The van der Waals surface area contributed by atoms with Gasteiger partial charge in [0.05, 0.1) is 5.56 Å². The van der Waals surface area contributed by atoms with Crippen molar-refractivity contribution in [1.82, 2.24) is 19.7 Å². The van der Waals surface area contributed by atoms with Gasteiger partial charge in [0.1, 0.15) is 11.6 Å². The minimum atomic E-state index is -4.38. The zero-order chi connectivity index (χ0) is 19.0. The molecule has 2 aliphatic heterocycles. The minimum absolute atomic E-state index is 0.291. The molecule has 2 aliphatic rings. The Morgan fingerprint density at radius 2 is 1.78 bits per heavy atom. The van der Waals surface area contributed by atoms with Gasteiger partial charge in [0.25, 0.3) is 0 Å². The number of nitrogens with one attached hydrogen (secondary N) is 1. The Kier molecular flexibility index (Phi) is 4.53. The second kappa shape index (κ2) is 6.86. The third-order valence-electron chi connectivity index (χ3n) is 5.25. The first kappa shape index (κ1) is 17.8. The van der Waals surface area contributed by atoms with Crippen LogP contribution in [0.5, 0.6) is 0 Å². The number of benzene rings is 1. The van der Waals surface area contributed by atoms with E-state index in [2.05, 4.69) is 20.1 Å². The second-order valence-electron chi connectivity index (χ2n) is 7.00. The van der Waals surface area contributed by atoms with Crippen LogP contribution in [0.4, 0.5) is 23.7 Å². The largest absolute Gasteiger partial charge is 0.416 e. The van der Waals surface area contributed by atoms with Crippen LogP contribution in [0.25, 0.3) is 0 Å². The van der Waals surface area contributed by atoms with Crippen molar-refractivity contribution in [2.75, 3.05) is 18.4 Å². The number of aromatic nitrogens is 3. The van der Waals surface area contributed by atoms with E-state index < -0.39 is 11.7 Å². The number of carbonyl (C=O) groups excluding carboxylic acids is 1. The third-order valence-corrected chi connectivity index (χ3v) is 5.25. The van der Waals surface area contributed by atoms with Crippen LogP contribution in [0.15, 0.2) is 24.3 Å². The van der Waals surface area contributed by atoms with E-state index in [1.807, 2.05) is 0 Å². The molecule has 6 nitrogen and oxygen atoms in total. The summed E-state index contributed by atoms with van der Waals surface area (Å²) >= 11 is 0. The van der Waals surface area contributed by atoms with Gasteiger partial charge in [-0.05, 0) is 43.5 Å². The number of anilines is 1. The summed E-state index contributed by atoms with van der Waals surface area (Å²) in [5, 5.41) is 11.2. The van der Waals surface area contributed by atoms with Crippen molar-refractivity contribution in [3.05, 3.63) is 41.5 Å². The Morgan fingerprint density at radius 3 is 2.44 bits per heavy atom. The smallest absolute Gasteiger partial charge is 0.324 e. The fourth-order valence-corrected chi connectivity index (χ4v) is 3.76. The average Bonchev–Trinajstić information content (AvgIpc) is 3.25. The first-order valence-corrected chi connectivity index (χ1v) is 9.07. The molecule has 1 fully saturated rings. The summed E-state index contributed by atoms with van der Waals surface area (Å²) in [6.45, 7) is 2.13. The summed E-state index contributed by atoms with van der Waals surface area (Å²) in [6, 6.07) is 4.18. The van der Waals surface area contributed by atoms with Gasteiger partial charge in [-0.25, -0.2) is 4.79 Å². The van der Waals surface area contributed by atoms with Crippen molar-refractivity contribution in [3.63, 3.8) is 0 Å². The van der Waals surface area contributed by atoms with E-state index in [1.54, 1.807) is 4.90 Å². The Hall–Kier alpha value is -2.58. The van der Waals surface area contributed by atoms with Gasteiger partial charge in [-0.15, -0.1) is 10.2 Å². The molecule has 0 bridgehead atoms. The summed E-state index contributed by atoms with van der Waals surface area (Å²) in [5.41, 5.74) is -0.382. The van der Waals surface area contributed by atoms with Crippen LogP contribution in [0.3, 0.4) is 0 Å². The van der Waals surface area contributed by atoms with Gasteiger partial charge in [-0.1, -0.05) is 0 Å². The molecule has 0 saturated carbocycles. The van der Waals surface area contributed by atoms with E-state index >= 15 is 0 Å². The van der Waals surface area contributed by atoms with E-state index in [0.717, 1.165) is 56.0 Å². The Bertz CT molecular complexity index is 823. The number of halogens is 3. The monoisotopic (exact) mass is 379 g/mol. The Labute approximate surface area is 154 Å². The second-order valence-corrected chi connectivity index (χ2v) is 7.00. The van der Waals surface area contributed by atoms with E-state index in [9.17, 15) is 18.0 Å². The lowest BCUT2D eigenvalue weighted by Crippen LogP contribution is -2.40. The molecule has 27 heavy (non-hydrogen) atoms. The lowest BCUT2D eigenvalue weighted by atomic mass is 9.96. The van der Waals surface area contributed by atoms with Gasteiger partial charge in [-0.3, -0.25) is 0 Å². The zero-order valence-electron chi connectivity index (χ0n) is 14.7. The summed E-state index contributed by atoms with van der Waals surface area (Å²) in [7, 11) is 0.